The van der Waals surface area contributed by atoms with Gasteiger partial charge in [0.15, 0.2) is 0 Å². The fourth-order valence-electron chi connectivity index (χ4n) is 2.78. The van der Waals surface area contributed by atoms with Crippen LogP contribution in [-0.4, -0.2) is 49.4 Å². The number of benzene rings is 1. The lowest BCUT2D eigenvalue weighted by Crippen LogP contribution is -2.31. The van der Waals surface area contributed by atoms with Crippen molar-refractivity contribution in [3.8, 4) is 0 Å². The second-order valence-corrected chi connectivity index (χ2v) is 6.61. The van der Waals surface area contributed by atoms with E-state index < -0.39 is 0 Å². The molecule has 5 nitrogen and oxygen atoms in total. The van der Waals surface area contributed by atoms with Crippen molar-refractivity contribution in [1.29, 1.82) is 0 Å². The molecule has 0 saturated carbocycles. The third-order valence-electron chi connectivity index (χ3n) is 4.05. The van der Waals surface area contributed by atoms with Crippen LogP contribution in [0.4, 0.5) is 10.5 Å². The predicted molar refractivity (Wildman–Crippen MR) is 92.4 cm³/mol. The van der Waals surface area contributed by atoms with Crippen LogP contribution in [0.5, 0.6) is 0 Å². The zero-order valence-electron chi connectivity index (χ0n) is 13.2. The van der Waals surface area contributed by atoms with E-state index in [1.165, 1.54) is 23.4 Å². The van der Waals surface area contributed by atoms with Crippen molar-refractivity contribution in [2.24, 2.45) is 0 Å². The van der Waals surface area contributed by atoms with Gasteiger partial charge >= 0.3 is 0 Å². The quantitative estimate of drug-likeness (QED) is 0.776. The Balaban J connectivity index is 1.71. The lowest BCUT2D eigenvalue weighted by molar-refractivity contribution is -0.123. The first kappa shape index (κ1) is 16.1. The Morgan fingerprint density at radius 3 is 2.52 bits per heavy atom. The van der Waals surface area contributed by atoms with E-state index in [9.17, 15) is 9.59 Å². The van der Waals surface area contributed by atoms with Gasteiger partial charge in [0.25, 0.3) is 11.1 Å². The monoisotopic (exact) mass is 332 g/mol. The van der Waals surface area contributed by atoms with Crippen LogP contribution in [0.25, 0.3) is 6.08 Å². The minimum atomic E-state index is -0.235. The molecule has 0 atom stereocenters. The van der Waals surface area contributed by atoms with Crippen molar-refractivity contribution >= 4 is 34.7 Å². The fraction of sp³-hybridized carbons (Fsp3) is 0.412. The van der Waals surface area contributed by atoms with Crippen LogP contribution >= 0.6 is 11.8 Å². The Morgan fingerprint density at radius 1 is 1.17 bits per heavy atom. The second kappa shape index (κ2) is 7.19. The number of hydrogen-bond acceptors (Lipinski definition) is 5. The summed E-state index contributed by atoms with van der Waals surface area (Å²) >= 11 is 0.989. The van der Waals surface area contributed by atoms with E-state index in [0.29, 0.717) is 18.1 Å². The van der Waals surface area contributed by atoms with Crippen LogP contribution < -0.4 is 4.90 Å². The zero-order valence-corrected chi connectivity index (χ0v) is 14.0. The topological polar surface area (TPSA) is 49.9 Å². The van der Waals surface area contributed by atoms with Crippen molar-refractivity contribution in [2.45, 2.75) is 12.8 Å². The fourth-order valence-corrected chi connectivity index (χ4v) is 3.65. The van der Waals surface area contributed by atoms with E-state index in [-0.39, 0.29) is 11.1 Å². The zero-order chi connectivity index (χ0) is 16.2. The molecule has 0 aliphatic carbocycles. The smallest absolute Gasteiger partial charge is 0.293 e. The van der Waals surface area contributed by atoms with Gasteiger partial charge in [-0.1, -0.05) is 12.1 Å². The molecule has 2 aliphatic heterocycles. The van der Waals surface area contributed by atoms with Crippen molar-refractivity contribution in [3.63, 3.8) is 0 Å². The third kappa shape index (κ3) is 3.59. The van der Waals surface area contributed by atoms with E-state index in [0.717, 1.165) is 30.4 Å². The molecule has 0 aromatic heterocycles. The Kier molecular flexibility index (Phi) is 5.03. The molecule has 0 bridgehead atoms. The van der Waals surface area contributed by atoms with E-state index in [1.807, 2.05) is 12.1 Å². The SMILES string of the molecule is COCCN1C(=O)S/C(=C/c2ccc(N3CCCC3)cc2)C1=O. The molecule has 2 heterocycles. The first-order chi connectivity index (χ1) is 11.2. The summed E-state index contributed by atoms with van der Waals surface area (Å²) in [6.45, 7) is 2.87. The number of carbonyl (C=O) groups excluding carboxylic acids is 2. The average molecular weight is 332 g/mol. The lowest BCUT2D eigenvalue weighted by atomic mass is 10.2. The molecule has 2 fully saturated rings. The Hall–Kier alpha value is -1.79. The molecule has 1 aromatic rings. The summed E-state index contributed by atoms with van der Waals surface area (Å²) < 4.78 is 4.94. The number of ether oxygens (including phenoxy) is 1. The minimum absolute atomic E-state index is 0.230. The molecule has 2 amide bonds. The summed E-state index contributed by atoms with van der Waals surface area (Å²) in [7, 11) is 1.55. The van der Waals surface area contributed by atoms with Crippen LogP contribution in [0.2, 0.25) is 0 Å². The summed E-state index contributed by atoms with van der Waals surface area (Å²) in [6.07, 6.45) is 4.28. The molecule has 2 saturated heterocycles. The Morgan fingerprint density at radius 2 is 1.87 bits per heavy atom. The number of nitrogens with zero attached hydrogens (tertiary/aromatic N) is 2. The van der Waals surface area contributed by atoms with Gasteiger partial charge in [0, 0.05) is 25.9 Å². The molecule has 23 heavy (non-hydrogen) atoms. The van der Waals surface area contributed by atoms with Gasteiger partial charge in [-0.15, -0.1) is 0 Å². The number of anilines is 1. The number of imide groups is 1. The average Bonchev–Trinajstić information content (AvgIpc) is 3.17. The third-order valence-corrected chi connectivity index (χ3v) is 4.96. The number of hydrogen-bond donors (Lipinski definition) is 0. The first-order valence-electron chi connectivity index (χ1n) is 7.78. The summed E-state index contributed by atoms with van der Waals surface area (Å²) in [5, 5.41) is -0.230. The Bertz CT molecular complexity index is 621. The molecule has 3 rings (SSSR count). The molecule has 0 spiro atoms. The van der Waals surface area contributed by atoms with Crippen molar-refractivity contribution in [2.75, 3.05) is 38.3 Å². The molecular formula is C17H20N2O3S. The maximum Gasteiger partial charge on any atom is 0.293 e. The minimum Gasteiger partial charge on any atom is -0.383 e. The highest BCUT2D eigenvalue weighted by molar-refractivity contribution is 8.18. The Labute approximate surface area is 140 Å². The molecule has 6 heteroatoms. The standard InChI is InChI=1S/C17H20N2O3S/c1-22-11-10-19-16(20)15(23-17(19)21)12-13-4-6-14(7-5-13)18-8-2-3-9-18/h4-7,12H,2-3,8-11H2,1H3/b15-12+. The summed E-state index contributed by atoms with van der Waals surface area (Å²) in [5.74, 6) is -0.235. The van der Waals surface area contributed by atoms with Crippen molar-refractivity contribution < 1.29 is 14.3 Å². The van der Waals surface area contributed by atoms with Gasteiger partial charge in [-0.05, 0) is 48.4 Å². The van der Waals surface area contributed by atoms with Gasteiger partial charge in [-0.3, -0.25) is 14.5 Å². The number of carbonyl (C=O) groups is 2. The second-order valence-electron chi connectivity index (χ2n) is 5.61. The maximum atomic E-state index is 12.3. The van der Waals surface area contributed by atoms with Crippen LogP contribution in [0, 0.1) is 0 Å². The van der Waals surface area contributed by atoms with Gasteiger partial charge < -0.3 is 9.64 Å². The number of thioether (sulfide) groups is 1. The van der Waals surface area contributed by atoms with Crippen LogP contribution in [0.1, 0.15) is 18.4 Å². The summed E-state index contributed by atoms with van der Waals surface area (Å²) in [6, 6.07) is 8.15. The van der Waals surface area contributed by atoms with Gasteiger partial charge in [0.05, 0.1) is 18.1 Å². The lowest BCUT2D eigenvalue weighted by Gasteiger charge is -2.17. The van der Waals surface area contributed by atoms with E-state index in [4.69, 9.17) is 4.74 Å². The first-order valence-corrected chi connectivity index (χ1v) is 8.60. The summed E-state index contributed by atoms with van der Waals surface area (Å²) in [5.41, 5.74) is 2.15. The molecule has 0 N–H and O–H groups in total. The molecule has 0 radical (unpaired) electrons. The van der Waals surface area contributed by atoms with Gasteiger partial charge in [0.1, 0.15) is 0 Å². The summed E-state index contributed by atoms with van der Waals surface area (Å²) in [4.78, 5) is 28.2. The number of methoxy groups -OCH3 is 1. The highest BCUT2D eigenvalue weighted by Crippen LogP contribution is 2.32. The van der Waals surface area contributed by atoms with Gasteiger partial charge in [-0.25, -0.2) is 0 Å². The van der Waals surface area contributed by atoms with Crippen LogP contribution in [0.3, 0.4) is 0 Å². The molecule has 122 valence electrons. The highest BCUT2D eigenvalue weighted by atomic mass is 32.2. The van der Waals surface area contributed by atoms with E-state index in [1.54, 1.807) is 13.2 Å². The van der Waals surface area contributed by atoms with Gasteiger partial charge in [-0.2, -0.15) is 0 Å². The van der Waals surface area contributed by atoms with Crippen molar-refractivity contribution in [1.82, 2.24) is 4.90 Å². The van der Waals surface area contributed by atoms with E-state index in [2.05, 4.69) is 17.0 Å². The predicted octanol–water partition coefficient (Wildman–Crippen LogP) is 2.97. The largest absolute Gasteiger partial charge is 0.383 e. The van der Waals surface area contributed by atoms with Gasteiger partial charge in [0.2, 0.25) is 0 Å². The molecule has 1 aromatic carbocycles. The molecule has 0 unspecified atom stereocenters. The molecule has 2 aliphatic rings. The highest BCUT2D eigenvalue weighted by Gasteiger charge is 2.34. The van der Waals surface area contributed by atoms with Crippen LogP contribution in [0.15, 0.2) is 29.2 Å². The number of rotatable bonds is 5. The molecular weight excluding hydrogens is 312 g/mol. The van der Waals surface area contributed by atoms with Crippen molar-refractivity contribution in [3.05, 3.63) is 34.7 Å². The normalized spacial score (nSPS) is 20.1. The number of amides is 2. The maximum absolute atomic E-state index is 12.3. The van der Waals surface area contributed by atoms with E-state index >= 15 is 0 Å². The van der Waals surface area contributed by atoms with Crippen LogP contribution in [-0.2, 0) is 9.53 Å².